The molecule has 22 nitrogen and oxygen atoms in total. The first-order chi connectivity index (χ1) is 40.0. The maximum Gasteiger partial charge on any atom is 0.313 e. The summed E-state index contributed by atoms with van der Waals surface area (Å²) in [5.41, 5.74) is 10.5. The summed E-state index contributed by atoms with van der Waals surface area (Å²) >= 11 is 6.30. The maximum atomic E-state index is 14.5. The monoisotopic (exact) mass is 1170 g/mol. The number of hydrogen-bond acceptors (Lipinski definition) is 18. The fourth-order valence-electron chi connectivity index (χ4n) is 9.14. The highest BCUT2D eigenvalue weighted by atomic mass is 35.5. The number of carbonyl (C=O) groups excluding carboxylic acids is 3. The molecule has 1 spiro atoms. The Kier molecular flexibility index (Phi) is 25.8. The zero-order chi connectivity index (χ0) is 57.9. The number of ether oxygens (including phenoxy) is 9. The quantitative estimate of drug-likeness (QED) is 0.0136. The molecule has 3 aromatic heterocycles. The summed E-state index contributed by atoms with van der Waals surface area (Å²) in [6.45, 7) is 6.66. The van der Waals surface area contributed by atoms with Crippen molar-refractivity contribution in [1.29, 1.82) is 5.53 Å². The van der Waals surface area contributed by atoms with Crippen LogP contribution in [-0.2, 0) is 72.5 Å². The van der Waals surface area contributed by atoms with E-state index in [1.54, 1.807) is 57.5 Å². The SMILES string of the molecule is N=N/C(=C\NCCOCCOCCOCCOCCC(=O)Oc1c(F)cc(F)cc1F)COCCOCCOCCOCCn1ccc(C(=O)N2CCC3(CC2)C(=O)N(Cc2nc4cc(Cl)ccc4n2CCCCF)c2cnccc23)n1. The summed E-state index contributed by atoms with van der Waals surface area (Å²) in [6.07, 6.45) is 8.39. The average Bonchev–Trinajstić information content (AvgIpc) is 4.23. The number of esters is 1. The van der Waals surface area contributed by atoms with Crippen LogP contribution in [0.3, 0.4) is 0 Å². The Hall–Kier alpha value is -6.49. The van der Waals surface area contributed by atoms with Crippen LogP contribution in [-0.4, -0.2) is 179 Å². The Morgan fingerprint density at radius 2 is 1.41 bits per heavy atom. The van der Waals surface area contributed by atoms with E-state index < -0.39 is 41.3 Å². The van der Waals surface area contributed by atoms with E-state index in [-0.39, 0.29) is 51.2 Å². The molecule has 0 saturated carbocycles. The minimum absolute atomic E-state index is 0.0531. The van der Waals surface area contributed by atoms with Crippen LogP contribution in [0.15, 0.2) is 78.1 Å². The topological polar surface area (TPSA) is 238 Å². The van der Waals surface area contributed by atoms with Gasteiger partial charge in [-0.15, -0.1) is 0 Å². The van der Waals surface area contributed by atoms with Crippen molar-refractivity contribution in [1.82, 2.24) is 34.5 Å². The molecule has 2 aliphatic heterocycles. The predicted octanol–water partition coefficient (Wildman–Crippen LogP) is 6.76. The van der Waals surface area contributed by atoms with Crippen LogP contribution in [0.5, 0.6) is 5.75 Å². The third-order valence-corrected chi connectivity index (χ3v) is 13.5. The van der Waals surface area contributed by atoms with Crippen LogP contribution in [0, 0.1) is 23.0 Å². The third kappa shape index (κ3) is 18.5. The second-order valence-electron chi connectivity index (χ2n) is 18.8. The summed E-state index contributed by atoms with van der Waals surface area (Å²) < 4.78 is 106. The lowest BCUT2D eigenvalue weighted by Crippen LogP contribution is -2.50. The number of likely N-dealkylation sites (tertiary alicyclic amines) is 1. The largest absolute Gasteiger partial charge is 0.420 e. The van der Waals surface area contributed by atoms with E-state index in [2.05, 4.69) is 25.3 Å². The van der Waals surface area contributed by atoms with Gasteiger partial charge in [-0.25, -0.2) is 23.7 Å². The van der Waals surface area contributed by atoms with Crippen LogP contribution in [0.2, 0.25) is 5.02 Å². The summed E-state index contributed by atoms with van der Waals surface area (Å²) in [4.78, 5) is 52.7. The van der Waals surface area contributed by atoms with Gasteiger partial charge in [0.25, 0.3) is 5.91 Å². The number of nitrogens with zero attached hydrogens (tertiary/aromatic N) is 8. The maximum absolute atomic E-state index is 14.5. The summed E-state index contributed by atoms with van der Waals surface area (Å²) in [6, 6.07) is 9.92. The lowest BCUT2D eigenvalue weighted by atomic mass is 9.74. The Morgan fingerprint density at radius 1 is 0.780 bits per heavy atom. The molecule has 7 rings (SSSR count). The molecule has 2 N–H and O–H groups in total. The number of alkyl halides is 1. The van der Waals surface area contributed by atoms with Crippen molar-refractivity contribution >= 4 is 46.1 Å². The molecule has 2 aromatic carbocycles. The number of anilines is 1. The number of amides is 2. The van der Waals surface area contributed by atoms with Crippen molar-refractivity contribution < 1.29 is 74.6 Å². The molecule has 2 amide bonds. The van der Waals surface area contributed by atoms with Gasteiger partial charge in [-0.2, -0.15) is 10.2 Å². The molecule has 1 saturated heterocycles. The van der Waals surface area contributed by atoms with Crippen LogP contribution >= 0.6 is 11.6 Å². The number of hydrogen-bond donors (Lipinski definition) is 2. The lowest BCUT2D eigenvalue weighted by Gasteiger charge is -2.38. The van der Waals surface area contributed by atoms with Crippen molar-refractivity contribution in [2.24, 2.45) is 5.11 Å². The van der Waals surface area contributed by atoms with Gasteiger partial charge in [0.1, 0.15) is 23.0 Å². The first-order valence-electron chi connectivity index (χ1n) is 27.1. The standard InChI is InChI=1S/C55H69ClF4N10O12/c56-40-3-4-48-47(33-40)64-50(69(48)13-2-1-10-57)38-70-49-37-62-11-5-43(49)55(54(70)73)8-15-67(16-9-55)53(72)46-6-14-68(66-46)17-20-76-23-26-79-29-30-80-31-32-81-39-42(65-61)36-63-12-19-75-22-25-78-28-27-77-24-21-74-18-7-51(71)82-52-44(59)34-41(58)35-45(52)60/h3-6,11,14,33-37,61,63H,1-2,7-10,12-13,15-32,38-39H2/b42-36-,65-61?. The average molecular weight is 1170 g/mol. The summed E-state index contributed by atoms with van der Waals surface area (Å²) in [5, 5.41) is 11.6. The number of fused-ring (bicyclic) bond motifs is 3. The zero-order valence-electron chi connectivity index (χ0n) is 45.5. The van der Waals surface area contributed by atoms with Crippen molar-refractivity contribution in [3.8, 4) is 5.75 Å². The zero-order valence-corrected chi connectivity index (χ0v) is 46.3. The second-order valence-corrected chi connectivity index (χ2v) is 19.2. The van der Waals surface area contributed by atoms with Gasteiger partial charge in [0, 0.05) is 61.9 Å². The van der Waals surface area contributed by atoms with Gasteiger partial charge in [0.05, 0.1) is 160 Å². The van der Waals surface area contributed by atoms with Crippen molar-refractivity contribution in [2.75, 3.05) is 137 Å². The lowest BCUT2D eigenvalue weighted by molar-refractivity contribution is -0.136. The molecule has 82 heavy (non-hydrogen) atoms. The number of unbranched alkanes of at least 4 members (excludes halogenated alkanes) is 1. The number of aromatic nitrogens is 5. The molecular weight excluding hydrogens is 1100 g/mol. The van der Waals surface area contributed by atoms with Crippen LogP contribution in [0.25, 0.3) is 11.0 Å². The molecule has 0 bridgehead atoms. The molecule has 0 radical (unpaired) electrons. The van der Waals surface area contributed by atoms with Crippen molar-refractivity contribution in [2.45, 2.75) is 57.2 Å². The van der Waals surface area contributed by atoms with E-state index in [0.717, 1.165) is 16.8 Å². The number of aryl methyl sites for hydroxylation is 1. The number of piperidine rings is 1. The first kappa shape index (κ1) is 63.1. The molecule has 5 aromatic rings. The molecular formula is C55H69ClF4N10O12. The number of carbonyl (C=O) groups is 3. The first-order valence-corrected chi connectivity index (χ1v) is 27.5. The number of pyridine rings is 1. The van der Waals surface area contributed by atoms with Gasteiger partial charge < -0.3 is 62.3 Å². The van der Waals surface area contributed by atoms with E-state index >= 15 is 0 Å². The fourth-order valence-corrected chi connectivity index (χ4v) is 9.31. The normalized spacial score (nSPS) is 14.1. The van der Waals surface area contributed by atoms with Gasteiger partial charge in [-0.3, -0.25) is 28.4 Å². The van der Waals surface area contributed by atoms with Crippen molar-refractivity contribution in [3.05, 3.63) is 113 Å². The highest BCUT2D eigenvalue weighted by Crippen LogP contribution is 2.48. The Labute approximate surface area is 476 Å². The van der Waals surface area contributed by atoms with Gasteiger partial charge >= 0.3 is 5.97 Å². The highest BCUT2D eigenvalue weighted by Gasteiger charge is 2.53. The molecule has 0 atom stereocenters. The summed E-state index contributed by atoms with van der Waals surface area (Å²) in [5.74, 6) is -5.22. The predicted molar refractivity (Wildman–Crippen MR) is 289 cm³/mol. The molecule has 0 aliphatic carbocycles. The molecule has 0 unspecified atom stereocenters. The number of rotatable bonds is 39. The number of nitrogens with one attached hydrogen (secondary N) is 2. The number of benzene rings is 2. The minimum atomic E-state index is -1.32. The van der Waals surface area contributed by atoms with E-state index in [9.17, 15) is 31.9 Å². The number of imidazole rings is 1. The highest BCUT2D eigenvalue weighted by molar-refractivity contribution is 6.31. The molecule has 5 heterocycles. The fraction of sp³-hybridized carbons (Fsp3) is 0.527. The van der Waals surface area contributed by atoms with Gasteiger partial charge in [-0.1, -0.05) is 11.6 Å². The van der Waals surface area contributed by atoms with E-state index in [0.29, 0.717) is 178 Å². The molecule has 1 fully saturated rings. The molecule has 2 aliphatic rings. The third-order valence-electron chi connectivity index (χ3n) is 13.3. The van der Waals surface area contributed by atoms with E-state index in [1.165, 1.54) is 0 Å². The Morgan fingerprint density at radius 3 is 2.07 bits per heavy atom. The van der Waals surface area contributed by atoms with E-state index in [4.69, 9.17) is 60.0 Å². The van der Waals surface area contributed by atoms with Gasteiger partial charge in [0.15, 0.2) is 11.6 Å². The summed E-state index contributed by atoms with van der Waals surface area (Å²) in [7, 11) is 0. The van der Waals surface area contributed by atoms with Crippen LogP contribution in [0.4, 0.5) is 23.2 Å². The van der Waals surface area contributed by atoms with E-state index in [1.807, 2.05) is 16.7 Å². The van der Waals surface area contributed by atoms with Crippen molar-refractivity contribution in [3.63, 3.8) is 0 Å². The molecule has 27 heteroatoms. The Bertz CT molecular complexity index is 2850. The van der Waals surface area contributed by atoms with Gasteiger partial charge in [-0.05, 0) is 61.6 Å². The minimum Gasteiger partial charge on any atom is -0.420 e. The molecule has 446 valence electrons. The van der Waals surface area contributed by atoms with Crippen LogP contribution in [0.1, 0.15) is 54.0 Å². The number of halogens is 5. The van der Waals surface area contributed by atoms with Crippen LogP contribution < -0.4 is 15.0 Å². The van der Waals surface area contributed by atoms with Gasteiger partial charge in [0.2, 0.25) is 11.7 Å². The second kappa shape index (κ2) is 33.6. The Balaban J connectivity index is 0.655. The smallest absolute Gasteiger partial charge is 0.313 e.